The molecule has 0 amide bonds. The van der Waals surface area contributed by atoms with E-state index in [0.717, 1.165) is 31.2 Å². The molecule has 0 unspecified atom stereocenters. The van der Waals surface area contributed by atoms with Gasteiger partial charge >= 0.3 is 0 Å². The van der Waals surface area contributed by atoms with Gasteiger partial charge in [-0.1, -0.05) is 25.0 Å². The van der Waals surface area contributed by atoms with Crippen molar-refractivity contribution >= 4 is 15.7 Å². The summed E-state index contributed by atoms with van der Waals surface area (Å²) >= 11 is 0. The van der Waals surface area contributed by atoms with Gasteiger partial charge in [0.15, 0.2) is 0 Å². The van der Waals surface area contributed by atoms with Crippen molar-refractivity contribution in [1.82, 2.24) is 0 Å². The van der Waals surface area contributed by atoms with Gasteiger partial charge in [0, 0.05) is 12.0 Å². The molecule has 0 heterocycles. The van der Waals surface area contributed by atoms with Crippen molar-refractivity contribution in [2.45, 2.75) is 36.0 Å². The minimum Gasteiger partial charge on any atom is -0.383 e. The first-order valence-electron chi connectivity index (χ1n) is 8.41. The van der Waals surface area contributed by atoms with Gasteiger partial charge < -0.3 is 5.32 Å². The van der Waals surface area contributed by atoms with E-state index >= 15 is 0 Å². The summed E-state index contributed by atoms with van der Waals surface area (Å²) in [5, 5.41) is 17.8. The van der Waals surface area contributed by atoms with E-state index in [1.807, 2.05) is 18.2 Å². The Labute approximate surface area is 152 Å². The number of primary sulfonamides is 1. The highest BCUT2D eigenvalue weighted by atomic mass is 32.2. The largest absolute Gasteiger partial charge is 0.383 e. The number of benzene rings is 2. The van der Waals surface area contributed by atoms with E-state index in [2.05, 4.69) is 5.32 Å². The third-order valence-corrected chi connectivity index (χ3v) is 5.99. The van der Waals surface area contributed by atoms with Crippen molar-refractivity contribution < 1.29 is 12.8 Å². The minimum absolute atomic E-state index is 0.0892. The zero-order valence-corrected chi connectivity index (χ0v) is 15.0. The van der Waals surface area contributed by atoms with Gasteiger partial charge in [-0.05, 0) is 48.7 Å². The zero-order valence-electron chi connectivity index (χ0n) is 14.2. The number of sulfonamides is 1. The molecular weight excluding hydrogens is 353 g/mol. The molecule has 1 fully saturated rings. The van der Waals surface area contributed by atoms with E-state index < -0.39 is 10.0 Å². The van der Waals surface area contributed by atoms with Crippen LogP contribution >= 0.6 is 0 Å². The molecular formula is C19H20FN3O2S. The van der Waals surface area contributed by atoms with Crippen molar-refractivity contribution in [2.24, 2.45) is 5.14 Å². The molecule has 0 aliphatic heterocycles. The van der Waals surface area contributed by atoms with Gasteiger partial charge in [0.05, 0.1) is 16.1 Å². The summed E-state index contributed by atoms with van der Waals surface area (Å²) in [6.45, 7) is 0.585. The van der Waals surface area contributed by atoms with Gasteiger partial charge in [0.2, 0.25) is 10.0 Å². The lowest BCUT2D eigenvalue weighted by molar-refractivity contribution is 0.465. The highest BCUT2D eigenvalue weighted by Crippen LogP contribution is 2.41. The van der Waals surface area contributed by atoms with E-state index in [4.69, 9.17) is 5.14 Å². The van der Waals surface area contributed by atoms with Gasteiger partial charge in [-0.2, -0.15) is 5.26 Å². The van der Waals surface area contributed by atoms with Gasteiger partial charge in [0.1, 0.15) is 11.9 Å². The summed E-state index contributed by atoms with van der Waals surface area (Å²) in [7, 11) is -3.86. The summed E-state index contributed by atoms with van der Waals surface area (Å²) in [5.41, 5.74) is 1.74. The van der Waals surface area contributed by atoms with E-state index in [1.165, 1.54) is 24.3 Å². The number of nitriles is 1. The average Bonchev–Trinajstić information content (AvgIpc) is 3.09. The SMILES string of the molecule is N#Cc1cc(S(N)(=O)=O)ccc1NCC1(c2ccc(F)cc2)CCCC1. The van der Waals surface area contributed by atoms with Crippen LogP contribution in [-0.4, -0.2) is 15.0 Å². The van der Waals surface area contributed by atoms with Crippen LogP contribution in [0.15, 0.2) is 47.4 Å². The van der Waals surface area contributed by atoms with Crippen LogP contribution in [0.1, 0.15) is 36.8 Å². The van der Waals surface area contributed by atoms with Crippen LogP contribution < -0.4 is 10.5 Å². The van der Waals surface area contributed by atoms with Crippen LogP contribution in [0.5, 0.6) is 0 Å². The number of rotatable bonds is 5. The predicted octanol–water partition coefficient (Wildman–Crippen LogP) is 3.27. The first-order valence-corrected chi connectivity index (χ1v) is 9.96. The fraction of sp³-hybridized carbons (Fsp3) is 0.316. The lowest BCUT2D eigenvalue weighted by Crippen LogP contribution is -2.31. The number of halogens is 1. The Bertz CT molecular complexity index is 944. The molecule has 2 aromatic rings. The highest BCUT2D eigenvalue weighted by Gasteiger charge is 2.35. The van der Waals surface area contributed by atoms with Crippen molar-refractivity contribution in [3.8, 4) is 6.07 Å². The van der Waals surface area contributed by atoms with Crippen LogP contribution in [0.4, 0.5) is 10.1 Å². The standard InChI is InChI=1S/C19H20FN3O2S/c20-16-5-3-15(4-6-16)19(9-1-2-10-19)13-23-18-8-7-17(26(22,24)25)11-14(18)12-21/h3-8,11,23H,1-2,9-10,13H2,(H2,22,24,25). The predicted molar refractivity (Wildman–Crippen MR) is 97.6 cm³/mol. The lowest BCUT2D eigenvalue weighted by Gasteiger charge is -2.30. The van der Waals surface area contributed by atoms with Crippen LogP contribution in [-0.2, 0) is 15.4 Å². The summed E-state index contributed by atoms with van der Waals surface area (Å²) in [4.78, 5) is -0.0892. The molecule has 0 atom stereocenters. The molecule has 3 rings (SSSR count). The topological polar surface area (TPSA) is 96.0 Å². The lowest BCUT2D eigenvalue weighted by atomic mass is 9.78. The summed E-state index contributed by atoms with van der Waals surface area (Å²) in [5.74, 6) is -0.264. The second kappa shape index (κ2) is 7.06. The molecule has 7 heteroatoms. The van der Waals surface area contributed by atoms with Crippen molar-refractivity contribution in [3.05, 3.63) is 59.4 Å². The molecule has 3 N–H and O–H groups in total. The Hall–Kier alpha value is -2.43. The van der Waals surface area contributed by atoms with E-state index in [9.17, 15) is 18.1 Å². The molecule has 2 aromatic carbocycles. The molecule has 0 saturated heterocycles. The quantitative estimate of drug-likeness (QED) is 0.841. The molecule has 0 radical (unpaired) electrons. The van der Waals surface area contributed by atoms with Crippen LogP contribution in [0.3, 0.4) is 0 Å². The molecule has 136 valence electrons. The van der Waals surface area contributed by atoms with Gasteiger partial charge in [-0.25, -0.2) is 17.9 Å². The third kappa shape index (κ3) is 3.71. The fourth-order valence-electron chi connectivity index (χ4n) is 3.63. The fourth-order valence-corrected chi connectivity index (χ4v) is 4.17. The molecule has 1 saturated carbocycles. The maximum Gasteiger partial charge on any atom is 0.238 e. The zero-order chi connectivity index (χ0) is 18.8. The van der Waals surface area contributed by atoms with Crippen LogP contribution in [0, 0.1) is 17.1 Å². The molecule has 1 aliphatic rings. The monoisotopic (exact) mass is 373 g/mol. The Morgan fingerprint density at radius 2 is 1.81 bits per heavy atom. The second-order valence-electron chi connectivity index (χ2n) is 6.71. The number of nitrogens with zero attached hydrogens (tertiary/aromatic N) is 1. The number of anilines is 1. The maximum absolute atomic E-state index is 13.3. The Balaban J connectivity index is 1.87. The van der Waals surface area contributed by atoms with Crippen molar-refractivity contribution in [3.63, 3.8) is 0 Å². The maximum atomic E-state index is 13.3. The third-order valence-electron chi connectivity index (χ3n) is 5.07. The summed E-state index contributed by atoms with van der Waals surface area (Å²) < 4.78 is 36.2. The molecule has 1 aliphatic carbocycles. The summed E-state index contributed by atoms with van der Waals surface area (Å²) in [6.07, 6.45) is 4.13. The number of hydrogen-bond acceptors (Lipinski definition) is 4. The minimum atomic E-state index is -3.86. The van der Waals surface area contributed by atoms with Gasteiger partial charge in [0.25, 0.3) is 0 Å². The smallest absolute Gasteiger partial charge is 0.238 e. The van der Waals surface area contributed by atoms with Crippen molar-refractivity contribution in [2.75, 3.05) is 11.9 Å². The Morgan fingerprint density at radius 3 is 2.38 bits per heavy atom. The van der Waals surface area contributed by atoms with E-state index in [-0.39, 0.29) is 21.7 Å². The second-order valence-corrected chi connectivity index (χ2v) is 8.27. The first-order chi connectivity index (χ1) is 12.3. The molecule has 0 spiro atoms. The number of hydrogen-bond donors (Lipinski definition) is 2. The molecule has 0 aromatic heterocycles. The summed E-state index contributed by atoms with van der Waals surface area (Å²) in [6, 6.07) is 12.8. The average molecular weight is 373 g/mol. The van der Waals surface area contributed by atoms with Gasteiger partial charge in [-0.3, -0.25) is 0 Å². The van der Waals surface area contributed by atoms with Crippen LogP contribution in [0.2, 0.25) is 0 Å². The molecule has 5 nitrogen and oxygen atoms in total. The Morgan fingerprint density at radius 1 is 1.15 bits per heavy atom. The van der Waals surface area contributed by atoms with Crippen LogP contribution in [0.25, 0.3) is 0 Å². The first kappa shape index (κ1) is 18.4. The number of nitrogens with two attached hydrogens (primary N) is 1. The Kier molecular flexibility index (Phi) is 4.99. The van der Waals surface area contributed by atoms with Crippen molar-refractivity contribution in [1.29, 1.82) is 5.26 Å². The van der Waals surface area contributed by atoms with E-state index in [1.54, 1.807) is 6.07 Å². The molecule has 0 bridgehead atoms. The highest BCUT2D eigenvalue weighted by molar-refractivity contribution is 7.89. The normalized spacial score (nSPS) is 16.2. The molecule has 26 heavy (non-hydrogen) atoms. The van der Waals surface area contributed by atoms with E-state index in [0.29, 0.717) is 12.2 Å². The van der Waals surface area contributed by atoms with Gasteiger partial charge in [-0.15, -0.1) is 0 Å². The number of nitrogens with one attached hydrogen (secondary N) is 1.